The fraction of sp³-hybridized carbons (Fsp3) is 0.647. The van der Waals surface area contributed by atoms with Crippen molar-refractivity contribution in [3.05, 3.63) is 28.8 Å². The van der Waals surface area contributed by atoms with E-state index in [0.29, 0.717) is 0 Å². The number of nitrogens with zero attached hydrogens (tertiary/aromatic N) is 1. The maximum atomic E-state index is 6.18. The molecule has 1 unspecified atom stereocenters. The zero-order valence-corrected chi connectivity index (χ0v) is 13.5. The van der Waals surface area contributed by atoms with Crippen LogP contribution in [0, 0.1) is 5.92 Å². The standard InChI is InChI=1S/C17H27ClN2/c1-3-9-19-13-15-12-16(18)6-7-17(15)20-10-4-5-14(2)8-11-20/h6-7,12,14,19H,3-5,8-11,13H2,1-2H3. The Morgan fingerprint density at radius 1 is 1.30 bits per heavy atom. The van der Waals surface area contributed by atoms with E-state index in [9.17, 15) is 0 Å². The molecule has 1 saturated heterocycles. The highest BCUT2D eigenvalue weighted by Gasteiger charge is 2.16. The number of benzene rings is 1. The van der Waals surface area contributed by atoms with Gasteiger partial charge in [0, 0.05) is 30.3 Å². The second-order valence-electron chi connectivity index (χ2n) is 5.97. The smallest absolute Gasteiger partial charge is 0.0412 e. The van der Waals surface area contributed by atoms with E-state index in [2.05, 4.69) is 36.2 Å². The molecule has 0 aliphatic carbocycles. The number of hydrogen-bond donors (Lipinski definition) is 1. The molecule has 1 N–H and O–H groups in total. The highest BCUT2D eigenvalue weighted by atomic mass is 35.5. The van der Waals surface area contributed by atoms with Crippen molar-refractivity contribution in [1.82, 2.24) is 5.32 Å². The third-order valence-corrected chi connectivity index (χ3v) is 4.38. The maximum Gasteiger partial charge on any atom is 0.0412 e. The van der Waals surface area contributed by atoms with Gasteiger partial charge in [0.05, 0.1) is 0 Å². The first-order valence-corrected chi connectivity index (χ1v) is 8.32. The minimum Gasteiger partial charge on any atom is -0.371 e. The fourth-order valence-corrected chi connectivity index (χ4v) is 3.10. The van der Waals surface area contributed by atoms with Crippen molar-refractivity contribution in [3.63, 3.8) is 0 Å². The van der Waals surface area contributed by atoms with Gasteiger partial charge in [-0.25, -0.2) is 0 Å². The molecule has 0 spiro atoms. The van der Waals surface area contributed by atoms with E-state index in [1.54, 1.807) is 0 Å². The maximum absolute atomic E-state index is 6.18. The van der Waals surface area contributed by atoms with Crippen molar-refractivity contribution in [1.29, 1.82) is 0 Å². The van der Waals surface area contributed by atoms with Gasteiger partial charge in [-0.15, -0.1) is 0 Å². The molecule has 1 aromatic rings. The van der Waals surface area contributed by atoms with Crippen LogP contribution in [0.25, 0.3) is 0 Å². The van der Waals surface area contributed by atoms with Crippen LogP contribution in [0.1, 0.15) is 45.1 Å². The molecule has 1 atom stereocenters. The highest BCUT2D eigenvalue weighted by molar-refractivity contribution is 6.30. The second-order valence-corrected chi connectivity index (χ2v) is 6.41. The molecular formula is C17H27ClN2. The summed E-state index contributed by atoms with van der Waals surface area (Å²) in [5.74, 6) is 0.856. The summed E-state index contributed by atoms with van der Waals surface area (Å²) in [6.45, 7) is 8.88. The minimum absolute atomic E-state index is 0.838. The zero-order chi connectivity index (χ0) is 14.4. The summed E-state index contributed by atoms with van der Waals surface area (Å²) in [6.07, 6.45) is 5.11. The van der Waals surface area contributed by atoms with Gasteiger partial charge in [-0.3, -0.25) is 0 Å². The van der Waals surface area contributed by atoms with E-state index in [-0.39, 0.29) is 0 Å². The summed E-state index contributed by atoms with van der Waals surface area (Å²) in [6, 6.07) is 6.34. The number of rotatable bonds is 5. The average molecular weight is 295 g/mol. The molecule has 0 radical (unpaired) electrons. The third kappa shape index (κ3) is 4.39. The van der Waals surface area contributed by atoms with Crippen molar-refractivity contribution in [2.75, 3.05) is 24.5 Å². The molecule has 3 heteroatoms. The summed E-state index contributed by atoms with van der Waals surface area (Å²) in [5, 5.41) is 4.34. The first kappa shape index (κ1) is 15.7. The number of nitrogens with one attached hydrogen (secondary N) is 1. The summed E-state index contributed by atoms with van der Waals surface area (Å²) >= 11 is 6.18. The Morgan fingerprint density at radius 2 is 2.15 bits per heavy atom. The first-order valence-electron chi connectivity index (χ1n) is 7.94. The third-order valence-electron chi connectivity index (χ3n) is 4.14. The monoisotopic (exact) mass is 294 g/mol. The predicted octanol–water partition coefficient (Wildman–Crippen LogP) is 4.47. The molecule has 2 rings (SSSR count). The summed E-state index contributed by atoms with van der Waals surface area (Å²) in [7, 11) is 0. The Kier molecular flexibility index (Phi) is 6.18. The molecular weight excluding hydrogens is 268 g/mol. The SMILES string of the molecule is CCCNCc1cc(Cl)ccc1N1CCCC(C)CC1. The van der Waals surface area contributed by atoms with Crippen LogP contribution in [-0.4, -0.2) is 19.6 Å². The molecule has 1 heterocycles. The largest absolute Gasteiger partial charge is 0.371 e. The first-order chi connectivity index (χ1) is 9.70. The molecule has 20 heavy (non-hydrogen) atoms. The van der Waals surface area contributed by atoms with Crippen LogP contribution in [0.3, 0.4) is 0 Å². The van der Waals surface area contributed by atoms with Crippen molar-refractivity contribution >= 4 is 17.3 Å². The van der Waals surface area contributed by atoms with Crippen LogP contribution in [-0.2, 0) is 6.54 Å². The lowest BCUT2D eigenvalue weighted by Gasteiger charge is -2.26. The lowest BCUT2D eigenvalue weighted by atomic mass is 10.0. The lowest BCUT2D eigenvalue weighted by molar-refractivity contribution is 0.521. The second kappa shape index (κ2) is 7.90. The Bertz CT molecular complexity index is 419. The van der Waals surface area contributed by atoms with E-state index in [4.69, 9.17) is 11.6 Å². The van der Waals surface area contributed by atoms with Gasteiger partial charge >= 0.3 is 0 Å². The van der Waals surface area contributed by atoms with E-state index in [1.165, 1.54) is 43.6 Å². The predicted molar refractivity (Wildman–Crippen MR) is 88.7 cm³/mol. The minimum atomic E-state index is 0.838. The normalized spacial score (nSPS) is 19.9. The molecule has 1 aliphatic heterocycles. The topological polar surface area (TPSA) is 15.3 Å². The average Bonchev–Trinajstić information content (AvgIpc) is 2.64. The molecule has 0 bridgehead atoms. The van der Waals surface area contributed by atoms with Crippen molar-refractivity contribution in [2.45, 2.75) is 46.1 Å². The van der Waals surface area contributed by atoms with Gasteiger partial charge in [-0.05, 0) is 61.9 Å². The summed E-state index contributed by atoms with van der Waals surface area (Å²) in [4.78, 5) is 2.54. The number of halogens is 1. The van der Waals surface area contributed by atoms with E-state index in [0.717, 1.165) is 30.5 Å². The Balaban J connectivity index is 2.12. The summed E-state index contributed by atoms with van der Waals surface area (Å²) in [5.41, 5.74) is 2.70. The van der Waals surface area contributed by atoms with Crippen LogP contribution >= 0.6 is 11.6 Å². The summed E-state index contributed by atoms with van der Waals surface area (Å²) < 4.78 is 0. The molecule has 0 aromatic heterocycles. The van der Waals surface area contributed by atoms with Gasteiger partial charge in [0.25, 0.3) is 0 Å². The van der Waals surface area contributed by atoms with Crippen molar-refractivity contribution < 1.29 is 0 Å². The van der Waals surface area contributed by atoms with Gasteiger partial charge in [0.15, 0.2) is 0 Å². The lowest BCUT2D eigenvalue weighted by Crippen LogP contribution is -2.26. The van der Waals surface area contributed by atoms with Crippen LogP contribution in [0.15, 0.2) is 18.2 Å². The number of hydrogen-bond acceptors (Lipinski definition) is 2. The van der Waals surface area contributed by atoms with Crippen LogP contribution in [0.4, 0.5) is 5.69 Å². The molecule has 1 fully saturated rings. The quantitative estimate of drug-likeness (QED) is 0.806. The molecule has 0 saturated carbocycles. The van der Waals surface area contributed by atoms with Gasteiger partial charge < -0.3 is 10.2 Å². The van der Waals surface area contributed by atoms with Crippen molar-refractivity contribution in [2.24, 2.45) is 5.92 Å². The van der Waals surface area contributed by atoms with Crippen LogP contribution in [0.5, 0.6) is 0 Å². The zero-order valence-electron chi connectivity index (χ0n) is 12.8. The molecule has 0 amide bonds. The van der Waals surface area contributed by atoms with Gasteiger partial charge in [-0.2, -0.15) is 0 Å². The van der Waals surface area contributed by atoms with Crippen LogP contribution in [0.2, 0.25) is 5.02 Å². The molecule has 112 valence electrons. The van der Waals surface area contributed by atoms with Gasteiger partial charge in [0.2, 0.25) is 0 Å². The Labute approximate surface area is 128 Å². The van der Waals surface area contributed by atoms with Crippen molar-refractivity contribution in [3.8, 4) is 0 Å². The fourth-order valence-electron chi connectivity index (χ4n) is 2.91. The Morgan fingerprint density at radius 3 is 2.95 bits per heavy atom. The molecule has 2 nitrogen and oxygen atoms in total. The molecule has 1 aromatic carbocycles. The molecule has 1 aliphatic rings. The van der Waals surface area contributed by atoms with Gasteiger partial charge in [-0.1, -0.05) is 25.4 Å². The van der Waals surface area contributed by atoms with E-state index >= 15 is 0 Å². The van der Waals surface area contributed by atoms with Gasteiger partial charge in [0.1, 0.15) is 0 Å². The Hall–Kier alpha value is -0.730. The highest BCUT2D eigenvalue weighted by Crippen LogP contribution is 2.28. The van der Waals surface area contributed by atoms with E-state index in [1.807, 2.05) is 6.07 Å². The van der Waals surface area contributed by atoms with E-state index < -0.39 is 0 Å². The van der Waals surface area contributed by atoms with Crippen LogP contribution < -0.4 is 10.2 Å². The number of anilines is 1.